The predicted octanol–water partition coefficient (Wildman–Crippen LogP) is 2.56. The first-order valence-corrected chi connectivity index (χ1v) is 11.1. The number of sulfonamides is 1. The standard InChI is InChI=1S/C21H23NO8S/c1-14(23)15-6-8-16(9-7-15)31(26,27)22-11-4-3-5-18(22)21(25)30-13-19-17(10-12-29-19)20(24)28-2/h6-10,12,18H,3-5,11,13H2,1-2H3. The summed E-state index contributed by atoms with van der Waals surface area (Å²) in [6.45, 7) is 1.24. The molecule has 1 aromatic heterocycles. The molecule has 0 bridgehead atoms. The number of nitrogens with zero attached hydrogens (tertiary/aromatic N) is 1. The average molecular weight is 449 g/mol. The second kappa shape index (κ2) is 9.44. The molecule has 0 saturated carbocycles. The van der Waals surface area contributed by atoms with Crippen LogP contribution < -0.4 is 0 Å². The molecular formula is C21H23NO8S. The zero-order valence-corrected chi connectivity index (χ0v) is 18.0. The topological polar surface area (TPSA) is 120 Å². The Bertz CT molecular complexity index is 1070. The molecule has 9 nitrogen and oxygen atoms in total. The number of ether oxygens (including phenoxy) is 2. The van der Waals surface area contributed by atoms with Gasteiger partial charge >= 0.3 is 11.9 Å². The van der Waals surface area contributed by atoms with Crippen LogP contribution >= 0.6 is 0 Å². The maximum absolute atomic E-state index is 13.2. The molecule has 1 aromatic carbocycles. The van der Waals surface area contributed by atoms with Crippen LogP contribution in [0.15, 0.2) is 45.9 Å². The number of hydrogen-bond acceptors (Lipinski definition) is 8. The number of hydrogen-bond donors (Lipinski definition) is 0. The lowest BCUT2D eigenvalue weighted by Crippen LogP contribution is -2.48. The van der Waals surface area contributed by atoms with Crippen molar-refractivity contribution < 1.29 is 36.7 Å². The molecule has 0 N–H and O–H groups in total. The van der Waals surface area contributed by atoms with Crippen molar-refractivity contribution in [3.05, 3.63) is 53.5 Å². The van der Waals surface area contributed by atoms with E-state index in [0.717, 1.165) is 4.31 Å². The highest BCUT2D eigenvalue weighted by Crippen LogP contribution is 2.27. The molecule has 1 fully saturated rings. The first kappa shape index (κ1) is 22.7. The summed E-state index contributed by atoms with van der Waals surface area (Å²) in [5.74, 6) is -1.41. The van der Waals surface area contributed by atoms with Gasteiger partial charge in [-0.25, -0.2) is 13.2 Å². The summed E-state index contributed by atoms with van der Waals surface area (Å²) in [5.41, 5.74) is 0.530. The highest BCUT2D eigenvalue weighted by Gasteiger charge is 2.38. The van der Waals surface area contributed by atoms with Crippen LogP contribution in [0.3, 0.4) is 0 Å². The van der Waals surface area contributed by atoms with Gasteiger partial charge in [0.05, 0.1) is 18.3 Å². The van der Waals surface area contributed by atoms with E-state index in [1.54, 1.807) is 0 Å². The van der Waals surface area contributed by atoms with Crippen LogP contribution in [0.1, 0.15) is 52.7 Å². The fourth-order valence-electron chi connectivity index (χ4n) is 3.40. The molecular weight excluding hydrogens is 426 g/mol. The van der Waals surface area contributed by atoms with Crippen LogP contribution in [0.5, 0.6) is 0 Å². The molecule has 0 spiro atoms. The molecule has 0 radical (unpaired) electrons. The number of Topliss-reactive ketones (excluding diaryl/α,β-unsaturated/α-hetero) is 1. The lowest BCUT2D eigenvalue weighted by molar-refractivity contribution is -0.151. The number of carbonyl (C=O) groups is 3. The number of rotatable bonds is 7. The maximum Gasteiger partial charge on any atom is 0.341 e. The van der Waals surface area contributed by atoms with E-state index in [2.05, 4.69) is 4.74 Å². The minimum atomic E-state index is -3.97. The number of esters is 2. The van der Waals surface area contributed by atoms with Crippen molar-refractivity contribution in [2.75, 3.05) is 13.7 Å². The highest BCUT2D eigenvalue weighted by molar-refractivity contribution is 7.89. The van der Waals surface area contributed by atoms with Gasteiger partial charge in [-0.1, -0.05) is 12.1 Å². The Morgan fingerprint density at radius 2 is 1.84 bits per heavy atom. The van der Waals surface area contributed by atoms with E-state index >= 15 is 0 Å². The van der Waals surface area contributed by atoms with Crippen LogP contribution in [0, 0.1) is 0 Å². The minimum Gasteiger partial charge on any atom is -0.465 e. The van der Waals surface area contributed by atoms with Crippen molar-refractivity contribution in [2.45, 2.75) is 43.7 Å². The van der Waals surface area contributed by atoms with Crippen LogP contribution in [-0.2, 0) is 30.9 Å². The van der Waals surface area contributed by atoms with E-state index < -0.39 is 28.0 Å². The number of methoxy groups -OCH3 is 1. The Hall–Kier alpha value is -2.98. The van der Waals surface area contributed by atoms with E-state index in [1.807, 2.05) is 0 Å². The molecule has 1 saturated heterocycles. The molecule has 0 aliphatic carbocycles. The highest BCUT2D eigenvalue weighted by atomic mass is 32.2. The molecule has 0 amide bonds. The summed E-state index contributed by atoms with van der Waals surface area (Å²) < 4.78 is 42.5. The van der Waals surface area contributed by atoms with Crippen molar-refractivity contribution in [3.8, 4) is 0 Å². The van der Waals surface area contributed by atoms with Gasteiger partial charge in [0.2, 0.25) is 10.0 Å². The molecule has 3 rings (SSSR count). The zero-order chi connectivity index (χ0) is 22.6. The summed E-state index contributed by atoms with van der Waals surface area (Å²) >= 11 is 0. The second-order valence-corrected chi connectivity index (χ2v) is 8.96. The smallest absolute Gasteiger partial charge is 0.341 e. The number of furan rings is 1. The van der Waals surface area contributed by atoms with E-state index in [9.17, 15) is 22.8 Å². The van der Waals surface area contributed by atoms with Crippen molar-refractivity contribution in [1.82, 2.24) is 4.31 Å². The average Bonchev–Trinajstić information content (AvgIpc) is 3.25. The normalized spacial score (nSPS) is 17.2. The van der Waals surface area contributed by atoms with Gasteiger partial charge in [-0.05, 0) is 44.4 Å². The summed E-state index contributed by atoms with van der Waals surface area (Å²) in [6, 6.07) is 6.00. The minimum absolute atomic E-state index is 0.00351. The number of piperidine rings is 1. The molecule has 2 heterocycles. The fourth-order valence-corrected chi connectivity index (χ4v) is 5.05. The molecule has 10 heteroatoms. The predicted molar refractivity (Wildman–Crippen MR) is 108 cm³/mol. The lowest BCUT2D eigenvalue weighted by atomic mass is 10.1. The van der Waals surface area contributed by atoms with Gasteiger partial charge in [0, 0.05) is 12.1 Å². The van der Waals surface area contributed by atoms with Gasteiger partial charge in [0.1, 0.15) is 18.2 Å². The van der Waals surface area contributed by atoms with Crippen LogP contribution in [0.4, 0.5) is 0 Å². The third kappa shape index (κ3) is 4.86. The van der Waals surface area contributed by atoms with Crippen molar-refractivity contribution in [2.24, 2.45) is 0 Å². The van der Waals surface area contributed by atoms with E-state index in [1.165, 1.54) is 50.6 Å². The summed E-state index contributed by atoms with van der Waals surface area (Å²) in [6.07, 6.45) is 2.87. The Labute approximate surface area is 180 Å². The number of carbonyl (C=O) groups excluding carboxylic acids is 3. The fraction of sp³-hybridized carbons (Fsp3) is 0.381. The Morgan fingerprint density at radius 1 is 1.13 bits per heavy atom. The summed E-state index contributed by atoms with van der Waals surface area (Å²) in [5, 5.41) is 0. The molecule has 1 atom stereocenters. The lowest BCUT2D eigenvalue weighted by Gasteiger charge is -2.33. The summed E-state index contributed by atoms with van der Waals surface area (Å²) in [4.78, 5) is 35.9. The third-order valence-electron chi connectivity index (χ3n) is 5.09. The first-order chi connectivity index (χ1) is 14.8. The van der Waals surface area contributed by atoms with Crippen molar-refractivity contribution >= 4 is 27.7 Å². The van der Waals surface area contributed by atoms with Gasteiger partial charge in [-0.2, -0.15) is 4.31 Å². The first-order valence-electron chi connectivity index (χ1n) is 9.70. The molecule has 1 aliphatic heterocycles. The number of ketones is 1. The molecule has 1 unspecified atom stereocenters. The maximum atomic E-state index is 13.2. The van der Waals surface area contributed by atoms with E-state index in [4.69, 9.17) is 9.15 Å². The van der Waals surface area contributed by atoms with Gasteiger partial charge in [-0.15, -0.1) is 0 Å². The Morgan fingerprint density at radius 3 is 2.48 bits per heavy atom. The van der Waals surface area contributed by atoms with E-state index in [-0.39, 0.29) is 35.2 Å². The van der Waals surface area contributed by atoms with Gasteiger partial charge in [-0.3, -0.25) is 9.59 Å². The van der Waals surface area contributed by atoms with Crippen LogP contribution in [0.25, 0.3) is 0 Å². The monoisotopic (exact) mass is 449 g/mol. The van der Waals surface area contributed by atoms with Gasteiger partial charge in [0.25, 0.3) is 0 Å². The Balaban J connectivity index is 1.76. The van der Waals surface area contributed by atoms with Crippen LogP contribution in [0.2, 0.25) is 0 Å². The molecule has 166 valence electrons. The molecule has 2 aromatic rings. The molecule has 1 aliphatic rings. The van der Waals surface area contributed by atoms with Crippen molar-refractivity contribution in [1.29, 1.82) is 0 Å². The van der Waals surface area contributed by atoms with Crippen LogP contribution in [-0.4, -0.2) is 50.1 Å². The molecule has 31 heavy (non-hydrogen) atoms. The summed E-state index contributed by atoms with van der Waals surface area (Å²) in [7, 11) is -2.75. The quantitative estimate of drug-likeness (QED) is 0.467. The zero-order valence-electron chi connectivity index (χ0n) is 17.2. The third-order valence-corrected chi connectivity index (χ3v) is 7.01. The van der Waals surface area contributed by atoms with Gasteiger partial charge < -0.3 is 13.9 Å². The largest absolute Gasteiger partial charge is 0.465 e. The second-order valence-electron chi connectivity index (χ2n) is 7.06. The van der Waals surface area contributed by atoms with Crippen molar-refractivity contribution in [3.63, 3.8) is 0 Å². The van der Waals surface area contributed by atoms with E-state index in [0.29, 0.717) is 24.8 Å². The van der Waals surface area contributed by atoms with Gasteiger partial charge in [0.15, 0.2) is 11.5 Å². The SMILES string of the molecule is COC(=O)c1ccoc1COC(=O)C1CCCCN1S(=O)(=O)c1ccc(C(C)=O)cc1. The Kier molecular flexibility index (Phi) is 6.91. The number of benzene rings is 1.